The van der Waals surface area contributed by atoms with E-state index in [1.165, 1.54) is 4.31 Å². The number of nitrogens with zero attached hydrogens (tertiary/aromatic N) is 2. The molecule has 0 amide bonds. The molecule has 2 aromatic rings. The lowest BCUT2D eigenvalue weighted by atomic mass is 10.2. The zero-order valence-corrected chi connectivity index (χ0v) is 12.8. The lowest BCUT2D eigenvalue weighted by molar-refractivity contribution is 0.0725. The maximum atomic E-state index is 12.2. The van der Waals surface area contributed by atoms with Crippen molar-refractivity contribution in [2.24, 2.45) is 0 Å². The summed E-state index contributed by atoms with van der Waals surface area (Å²) in [6.45, 7) is 1.82. The van der Waals surface area contributed by atoms with Gasteiger partial charge in [0.2, 0.25) is 0 Å². The summed E-state index contributed by atoms with van der Waals surface area (Å²) in [7, 11) is -3.49. The number of ether oxygens (including phenoxy) is 1. The maximum absolute atomic E-state index is 12.2. The van der Waals surface area contributed by atoms with Crippen LogP contribution in [0.4, 0.5) is 0 Å². The Bertz CT molecular complexity index is 709. The first-order valence-electron chi connectivity index (χ1n) is 6.96. The highest BCUT2D eigenvalue weighted by atomic mass is 32.2. The zero-order valence-electron chi connectivity index (χ0n) is 11.9. The molecule has 0 radical (unpaired) electrons. The summed E-state index contributed by atoms with van der Waals surface area (Å²) < 4.78 is 38.8. The Morgan fingerprint density at radius 3 is 2.82 bits per heavy atom. The Morgan fingerprint density at radius 2 is 2.09 bits per heavy atom. The fraction of sp³-hybridized carbons (Fsp3) is 0.357. The Balaban J connectivity index is 1.67. The molecule has 0 saturated carbocycles. The van der Waals surface area contributed by atoms with Crippen LogP contribution >= 0.6 is 0 Å². The maximum Gasteiger partial charge on any atom is 0.279 e. The van der Waals surface area contributed by atoms with E-state index >= 15 is 0 Å². The summed E-state index contributed by atoms with van der Waals surface area (Å²) in [6.07, 6.45) is 3.21. The van der Waals surface area contributed by atoms with Gasteiger partial charge in [0, 0.05) is 25.8 Å². The van der Waals surface area contributed by atoms with E-state index in [2.05, 4.69) is 9.71 Å². The number of morpholine rings is 1. The van der Waals surface area contributed by atoms with Crippen molar-refractivity contribution in [1.29, 1.82) is 0 Å². The van der Waals surface area contributed by atoms with Gasteiger partial charge >= 0.3 is 0 Å². The van der Waals surface area contributed by atoms with E-state index < -0.39 is 10.2 Å². The molecule has 1 N–H and O–H groups in total. The summed E-state index contributed by atoms with van der Waals surface area (Å²) in [5.41, 5.74) is 1.49. The van der Waals surface area contributed by atoms with Gasteiger partial charge < -0.3 is 9.15 Å². The van der Waals surface area contributed by atoms with Crippen LogP contribution in [0, 0.1) is 0 Å². The number of pyridine rings is 1. The summed E-state index contributed by atoms with van der Waals surface area (Å²) in [5.74, 6) is 0.651. The van der Waals surface area contributed by atoms with Gasteiger partial charge in [-0.15, -0.1) is 0 Å². The molecule has 0 spiro atoms. The van der Waals surface area contributed by atoms with Crippen molar-refractivity contribution < 1.29 is 17.6 Å². The second-order valence-corrected chi connectivity index (χ2v) is 6.62. The van der Waals surface area contributed by atoms with Crippen molar-refractivity contribution in [1.82, 2.24) is 14.0 Å². The Labute approximate surface area is 129 Å². The summed E-state index contributed by atoms with van der Waals surface area (Å²) >= 11 is 0. The van der Waals surface area contributed by atoms with Crippen molar-refractivity contribution in [2.75, 3.05) is 26.3 Å². The largest absolute Gasteiger partial charge is 0.463 e. The van der Waals surface area contributed by atoms with Crippen LogP contribution < -0.4 is 4.72 Å². The van der Waals surface area contributed by atoms with Gasteiger partial charge in [0.1, 0.15) is 5.69 Å². The molecule has 0 aromatic carbocycles. The van der Waals surface area contributed by atoms with Gasteiger partial charge in [-0.2, -0.15) is 17.4 Å². The van der Waals surface area contributed by atoms with Crippen LogP contribution in [0.15, 0.2) is 41.1 Å². The molecule has 2 aromatic heterocycles. The molecular weight excluding hydrogens is 306 g/mol. The summed E-state index contributed by atoms with van der Waals surface area (Å²) in [6, 6.07) is 7.17. The lowest BCUT2D eigenvalue weighted by Crippen LogP contribution is -2.46. The number of aromatic nitrogens is 1. The van der Waals surface area contributed by atoms with Crippen LogP contribution in [-0.2, 0) is 21.5 Å². The quantitative estimate of drug-likeness (QED) is 0.887. The molecule has 3 heterocycles. The van der Waals surface area contributed by atoms with Crippen molar-refractivity contribution >= 4 is 10.2 Å². The van der Waals surface area contributed by atoms with Crippen LogP contribution in [0.1, 0.15) is 5.56 Å². The van der Waals surface area contributed by atoms with Gasteiger partial charge in [0.25, 0.3) is 10.2 Å². The van der Waals surface area contributed by atoms with Gasteiger partial charge in [-0.05, 0) is 29.8 Å². The lowest BCUT2D eigenvalue weighted by Gasteiger charge is -2.26. The average molecular weight is 323 g/mol. The minimum absolute atomic E-state index is 0.204. The van der Waals surface area contributed by atoms with E-state index in [4.69, 9.17) is 9.15 Å². The Hall–Kier alpha value is -1.74. The average Bonchev–Trinajstić information content (AvgIpc) is 3.09. The van der Waals surface area contributed by atoms with E-state index in [1.54, 1.807) is 30.7 Å². The van der Waals surface area contributed by atoms with Crippen LogP contribution in [-0.4, -0.2) is 44.0 Å². The predicted molar refractivity (Wildman–Crippen MR) is 80.1 cm³/mol. The monoisotopic (exact) mass is 323 g/mol. The molecule has 0 bridgehead atoms. The number of hydrogen-bond donors (Lipinski definition) is 1. The molecule has 1 aliphatic rings. The van der Waals surface area contributed by atoms with E-state index in [9.17, 15) is 8.42 Å². The number of nitrogens with one attached hydrogen (secondary N) is 1. The molecule has 3 rings (SSSR count). The second-order valence-electron chi connectivity index (χ2n) is 4.86. The van der Waals surface area contributed by atoms with E-state index in [0.717, 1.165) is 5.56 Å². The standard InChI is InChI=1S/C14H17N3O4S/c18-22(19,17-5-8-20-9-6-17)16-11-12-3-4-15-13(10-12)14-2-1-7-21-14/h1-4,7,10,16H,5-6,8-9,11H2. The summed E-state index contributed by atoms with van der Waals surface area (Å²) in [5, 5.41) is 0. The van der Waals surface area contributed by atoms with Crippen molar-refractivity contribution in [3.8, 4) is 11.5 Å². The molecule has 1 aliphatic heterocycles. The van der Waals surface area contributed by atoms with Crippen LogP contribution in [0.5, 0.6) is 0 Å². The fourth-order valence-corrected chi connectivity index (χ4v) is 3.36. The van der Waals surface area contributed by atoms with Crippen molar-refractivity contribution in [2.45, 2.75) is 6.54 Å². The molecular formula is C14H17N3O4S. The third-order valence-electron chi connectivity index (χ3n) is 3.37. The van der Waals surface area contributed by atoms with Gasteiger partial charge in [-0.1, -0.05) is 0 Å². The highest BCUT2D eigenvalue weighted by Crippen LogP contribution is 2.18. The third kappa shape index (κ3) is 3.53. The first-order chi connectivity index (χ1) is 10.6. The molecule has 7 nitrogen and oxygen atoms in total. The van der Waals surface area contributed by atoms with Gasteiger partial charge in [0.15, 0.2) is 5.76 Å². The van der Waals surface area contributed by atoms with Crippen LogP contribution in [0.25, 0.3) is 11.5 Å². The molecule has 0 atom stereocenters. The molecule has 118 valence electrons. The summed E-state index contributed by atoms with van der Waals surface area (Å²) in [4.78, 5) is 4.22. The number of furan rings is 1. The Morgan fingerprint density at radius 1 is 1.27 bits per heavy atom. The van der Waals surface area contributed by atoms with E-state index in [1.807, 2.05) is 6.07 Å². The second kappa shape index (κ2) is 6.57. The van der Waals surface area contributed by atoms with E-state index in [0.29, 0.717) is 37.8 Å². The normalized spacial score (nSPS) is 16.7. The molecule has 22 heavy (non-hydrogen) atoms. The molecule has 1 saturated heterocycles. The molecule has 0 unspecified atom stereocenters. The topological polar surface area (TPSA) is 84.7 Å². The first kappa shape index (κ1) is 15.2. The molecule has 8 heteroatoms. The fourth-order valence-electron chi connectivity index (χ4n) is 2.20. The van der Waals surface area contributed by atoms with Crippen LogP contribution in [0.3, 0.4) is 0 Å². The molecule has 0 aliphatic carbocycles. The van der Waals surface area contributed by atoms with Crippen molar-refractivity contribution in [3.05, 3.63) is 42.3 Å². The number of rotatable bonds is 5. The highest BCUT2D eigenvalue weighted by Gasteiger charge is 2.23. The smallest absolute Gasteiger partial charge is 0.279 e. The van der Waals surface area contributed by atoms with Crippen LogP contribution in [0.2, 0.25) is 0 Å². The van der Waals surface area contributed by atoms with Gasteiger partial charge in [-0.25, -0.2) is 0 Å². The van der Waals surface area contributed by atoms with Crippen molar-refractivity contribution in [3.63, 3.8) is 0 Å². The minimum Gasteiger partial charge on any atom is -0.463 e. The minimum atomic E-state index is -3.49. The predicted octanol–water partition coefficient (Wildman–Crippen LogP) is 1.01. The molecule has 1 fully saturated rings. The Kier molecular flexibility index (Phi) is 4.53. The first-order valence-corrected chi connectivity index (χ1v) is 8.40. The number of hydrogen-bond acceptors (Lipinski definition) is 5. The van der Waals surface area contributed by atoms with E-state index in [-0.39, 0.29) is 6.54 Å². The van der Waals surface area contributed by atoms with Gasteiger partial charge in [0.05, 0.1) is 19.5 Å². The highest BCUT2D eigenvalue weighted by molar-refractivity contribution is 7.87. The zero-order chi connectivity index (χ0) is 15.4. The van der Waals surface area contributed by atoms with Gasteiger partial charge in [-0.3, -0.25) is 4.98 Å². The third-order valence-corrected chi connectivity index (χ3v) is 4.92. The SMILES string of the molecule is O=S(=O)(NCc1ccnc(-c2ccco2)c1)N1CCOCC1.